The van der Waals surface area contributed by atoms with Gasteiger partial charge in [-0.15, -0.1) is 13.2 Å². The molecule has 1 aromatic carbocycles. The molecule has 0 bridgehead atoms. The normalized spacial score (nSPS) is 19.7. The van der Waals surface area contributed by atoms with Crippen LogP contribution in [0.25, 0.3) is 0 Å². The van der Waals surface area contributed by atoms with Crippen molar-refractivity contribution in [3.8, 4) is 5.75 Å². The lowest BCUT2D eigenvalue weighted by molar-refractivity contribution is -0.274. The molecule has 2 heterocycles. The number of pyridine rings is 1. The Kier molecular flexibility index (Phi) is 6.26. The van der Waals surface area contributed by atoms with Gasteiger partial charge >= 0.3 is 6.36 Å². The summed E-state index contributed by atoms with van der Waals surface area (Å²) in [5.41, 5.74) is 1.05. The molecule has 2 atom stereocenters. The highest BCUT2D eigenvalue weighted by Crippen LogP contribution is 2.23. The van der Waals surface area contributed by atoms with Crippen molar-refractivity contribution in [1.82, 2.24) is 10.3 Å². The number of aromatic nitrogens is 1. The van der Waals surface area contributed by atoms with Crippen molar-refractivity contribution in [2.75, 3.05) is 18.0 Å². The first-order valence-corrected chi connectivity index (χ1v) is 9.19. The zero-order valence-corrected chi connectivity index (χ0v) is 16.1. The molecular formula is C20H22F3N3O3. The Morgan fingerprint density at radius 2 is 1.83 bits per heavy atom. The highest BCUT2D eigenvalue weighted by atomic mass is 19.4. The molecule has 0 radical (unpaired) electrons. The average molecular weight is 409 g/mol. The Morgan fingerprint density at radius 1 is 1.17 bits per heavy atom. The second-order valence-corrected chi connectivity index (χ2v) is 6.94. The lowest BCUT2D eigenvalue weighted by Crippen LogP contribution is -2.45. The van der Waals surface area contributed by atoms with E-state index in [9.17, 15) is 18.0 Å². The van der Waals surface area contributed by atoms with Crippen molar-refractivity contribution in [3.05, 3.63) is 53.7 Å². The van der Waals surface area contributed by atoms with Crippen LogP contribution >= 0.6 is 0 Å². The van der Waals surface area contributed by atoms with Crippen molar-refractivity contribution in [1.29, 1.82) is 0 Å². The number of halogens is 3. The van der Waals surface area contributed by atoms with Crippen LogP contribution in [-0.2, 0) is 11.3 Å². The minimum atomic E-state index is -4.76. The zero-order valence-electron chi connectivity index (χ0n) is 16.1. The molecule has 1 aliphatic rings. The van der Waals surface area contributed by atoms with Gasteiger partial charge in [0.05, 0.1) is 12.2 Å². The third-order valence-corrected chi connectivity index (χ3v) is 4.36. The molecule has 1 saturated heterocycles. The van der Waals surface area contributed by atoms with E-state index in [-0.39, 0.29) is 30.1 Å². The van der Waals surface area contributed by atoms with E-state index in [1.54, 1.807) is 6.20 Å². The van der Waals surface area contributed by atoms with Crippen molar-refractivity contribution >= 4 is 11.7 Å². The van der Waals surface area contributed by atoms with Crippen LogP contribution in [0.2, 0.25) is 0 Å². The van der Waals surface area contributed by atoms with Crippen LogP contribution < -0.4 is 15.0 Å². The monoisotopic (exact) mass is 409 g/mol. The topological polar surface area (TPSA) is 63.7 Å². The third kappa shape index (κ3) is 6.08. The first kappa shape index (κ1) is 20.9. The Balaban J connectivity index is 1.54. The van der Waals surface area contributed by atoms with Crippen LogP contribution in [0.3, 0.4) is 0 Å². The van der Waals surface area contributed by atoms with Gasteiger partial charge in [-0.05, 0) is 49.7 Å². The fourth-order valence-corrected chi connectivity index (χ4v) is 3.17. The molecule has 1 fully saturated rings. The van der Waals surface area contributed by atoms with Crippen molar-refractivity contribution in [2.24, 2.45) is 0 Å². The molecule has 0 spiro atoms. The van der Waals surface area contributed by atoms with E-state index >= 15 is 0 Å². The molecule has 29 heavy (non-hydrogen) atoms. The van der Waals surface area contributed by atoms with Crippen molar-refractivity contribution in [2.45, 2.75) is 39.0 Å². The number of benzene rings is 1. The summed E-state index contributed by atoms with van der Waals surface area (Å²) in [7, 11) is 0. The minimum Gasteiger partial charge on any atom is -0.406 e. The summed E-state index contributed by atoms with van der Waals surface area (Å²) in [5, 5.41) is 2.72. The van der Waals surface area contributed by atoms with Crippen LogP contribution in [0.4, 0.5) is 19.0 Å². The largest absolute Gasteiger partial charge is 0.573 e. The summed E-state index contributed by atoms with van der Waals surface area (Å²) >= 11 is 0. The number of alkyl halides is 3. The quantitative estimate of drug-likeness (QED) is 0.819. The second-order valence-electron chi connectivity index (χ2n) is 6.94. The van der Waals surface area contributed by atoms with Gasteiger partial charge in [-0.3, -0.25) is 4.79 Å². The number of hydrogen-bond acceptors (Lipinski definition) is 5. The molecule has 1 N–H and O–H groups in total. The Labute approximate surface area is 166 Å². The molecule has 156 valence electrons. The van der Waals surface area contributed by atoms with Gasteiger partial charge in [-0.1, -0.05) is 6.07 Å². The van der Waals surface area contributed by atoms with E-state index in [2.05, 4.69) is 19.9 Å². The molecular weight excluding hydrogens is 387 g/mol. The molecule has 2 unspecified atom stereocenters. The van der Waals surface area contributed by atoms with Gasteiger partial charge in [0.1, 0.15) is 11.6 Å². The lowest BCUT2D eigenvalue weighted by atomic mass is 10.2. The molecule has 1 aromatic heterocycles. The molecule has 0 saturated carbocycles. The predicted molar refractivity (Wildman–Crippen MR) is 101 cm³/mol. The number of hydrogen-bond donors (Lipinski definition) is 1. The number of nitrogens with zero attached hydrogens (tertiary/aromatic N) is 2. The maximum atomic E-state index is 12.2. The Morgan fingerprint density at radius 3 is 2.38 bits per heavy atom. The zero-order chi connectivity index (χ0) is 21.0. The number of nitrogens with one attached hydrogen (secondary N) is 1. The molecule has 3 rings (SSSR count). The van der Waals surface area contributed by atoms with Crippen LogP contribution in [-0.4, -0.2) is 42.6 Å². The van der Waals surface area contributed by atoms with E-state index in [0.29, 0.717) is 0 Å². The predicted octanol–water partition coefficient (Wildman–Crippen LogP) is 3.52. The summed E-state index contributed by atoms with van der Waals surface area (Å²) in [6.07, 6.45) is -2.80. The summed E-state index contributed by atoms with van der Waals surface area (Å²) in [6, 6.07) is 8.53. The number of rotatable bonds is 5. The van der Waals surface area contributed by atoms with E-state index in [0.717, 1.165) is 36.6 Å². The van der Waals surface area contributed by atoms with E-state index in [1.165, 1.54) is 12.1 Å². The van der Waals surface area contributed by atoms with Crippen molar-refractivity contribution in [3.63, 3.8) is 0 Å². The molecule has 9 heteroatoms. The van der Waals surface area contributed by atoms with Crippen LogP contribution in [0.5, 0.6) is 5.75 Å². The molecule has 1 aliphatic heterocycles. The van der Waals surface area contributed by atoms with E-state index in [4.69, 9.17) is 4.74 Å². The average Bonchev–Trinajstić information content (AvgIpc) is 2.65. The van der Waals surface area contributed by atoms with Crippen molar-refractivity contribution < 1.29 is 27.4 Å². The van der Waals surface area contributed by atoms with Gasteiger partial charge in [-0.25, -0.2) is 4.98 Å². The van der Waals surface area contributed by atoms with Crippen LogP contribution in [0.15, 0.2) is 42.6 Å². The molecule has 0 aliphatic carbocycles. The van der Waals surface area contributed by atoms with Gasteiger partial charge in [0.2, 0.25) is 0 Å². The van der Waals surface area contributed by atoms with Crippen LogP contribution in [0.1, 0.15) is 29.8 Å². The molecule has 2 aromatic rings. The van der Waals surface area contributed by atoms with Gasteiger partial charge in [0, 0.05) is 31.4 Å². The third-order valence-electron chi connectivity index (χ3n) is 4.36. The number of ether oxygens (including phenoxy) is 2. The molecule has 1 amide bonds. The minimum absolute atomic E-state index is 0.132. The first-order chi connectivity index (χ1) is 13.7. The smallest absolute Gasteiger partial charge is 0.406 e. The summed E-state index contributed by atoms with van der Waals surface area (Å²) in [5.74, 6) is 0.0754. The fraction of sp³-hybridized carbons (Fsp3) is 0.400. The first-order valence-electron chi connectivity index (χ1n) is 9.19. The summed E-state index contributed by atoms with van der Waals surface area (Å²) < 4.78 is 46.0. The molecule has 6 nitrogen and oxygen atoms in total. The lowest BCUT2D eigenvalue weighted by Gasteiger charge is -2.36. The van der Waals surface area contributed by atoms with E-state index in [1.807, 2.05) is 26.0 Å². The van der Waals surface area contributed by atoms with Gasteiger partial charge < -0.3 is 19.7 Å². The van der Waals surface area contributed by atoms with Gasteiger partial charge in [0.15, 0.2) is 0 Å². The van der Waals surface area contributed by atoms with Crippen LogP contribution in [0, 0.1) is 0 Å². The summed E-state index contributed by atoms with van der Waals surface area (Å²) in [4.78, 5) is 18.8. The number of carbonyl (C=O) groups is 1. The second kappa shape index (κ2) is 8.69. The standard InChI is InChI=1S/C20H22F3N3O3/c1-13-11-26(12-14(2)28-13)18-8-3-15(9-24-18)10-25-19(27)16-4-6-17(7-5-16)29-20(21,22)23/h3-9,13-14H,10-12H2,1-2H3,(H,25,27). The highest BCUT2D eigenvalue weighted by molar-refractivity contribution is 5.94. The Hall–Kier alpha value is -2.81. The van der Waals surface area contributed by atoms with Gasteiger partial charge in [-0.2, -0.15) is 0 Å². The SMILES string of the molecule is CC1CN(c2ccc(CNC(=O)c3ccc(OC(F)(F)F)cc3)cn2)CC(C)O1. The van der Waals surface area contributed by atoms with E-state index < -0.39 is 12.3 Å². The summed E-state index contributed by atoms with van der Waals surface area (Å²) in [6.45, 7) is 5.83. The number of anilines is 1. The number of amides is 1. The van der Waals surface area contributed by atoms with Gasteiger partial charge in [0.25, 0.3) is 5.91 Å². The highest BCUT2D eigenvalue weighted by Gasteiger charge is 2.31. The number of carbonyl (C=O) groups excluding carboxylic acids is 1. The maximum absolute atomic E-state index is 12.2. The fourth-order valence-electron chi connectivity index (χ4n) is 3.17. The number of morpholine rings is 1. The Bertz CT molecular complexity index is 816. The maximum Gasteiger partial charge on any atom is 0.573 e.